The Hall–Kier alpha value is -2.18. The normalized spacial score (nSPS) is 23.9. The van der Waals surface area contributed by atoms with Crippen molar-refractivity contribution in [1.82, 2.24) is 0 Å². The van der Waals surface area contributed by atoms with Crippen LogP contribution < -0.4 is 24.8 Å². The molecule has 4 aromatic carbocycles. The van der Waals surface area contributed by atoms with Crippen molar-refractivity contribution < 1.29 is 45.1 Å². The SMILES string of the molecule is Cc1ccc(-c2cccc3c2C=C(C(C)C)[CH]3[Zr+2]2([CH]3C(C(C)C)=Cc4c(-c5ccc(C)cc5)cccc43)[CH]3CCCC[CH]32)cc1.[Cl-].[Cl-]. The molecule has 1 aliphatic heterocycles. The van der Waals surface area contributed by atoms with Crippen LogP contribution in [0.5, 0.6) is 0 Å². The van der Waals surface area contributed by atoms with E-state index in [0.29, 0.717) is 19.1 Å². The standard InChI is InChI=1S/2C19H19.C6H10.2ClH.Zr/c2*1-13(2)17-11-16-5-4-6-18(19(16)12-17)15-9-7-14(3)8-10-15;1-2-4-6-5-3-1;;;/h2*4-13H,1-3H3;1-2H,3-6H2;2*1H;/q;;;;;+2/p-2. The van der Waals surface area contributed by atoms with Gasteiger partial charge in [-0.15, -0.1) is 0 Å². The van der Waals surface area contributed by atoms with E-state index in [9.17, 15) is 0 Å². The maximum absolute atomic E-state index is 3.05. The molecule has 1 saturated carbocycles. The fourth-order valence-corrected chi connectivity index (χ4v) is 33.9. The van der Waals surface area contributed by atoms with Crippen LogP contribution in [-0.4, -0.2) is 0 Å². The van der Waals surface area contributed by atoms with Gasteiger partial charge in [0.05, 0.1) is 0 Å². The molecule has 0 spiro atoms. The molecule has 0 bridgehead atoms. The molecule has 0 amide bonds. The summed E-state index contributed by atoms with van der Waals surface area (Å²) in [6.07, 6.45) is 11.2. The number of halogens is 2. The molecule has 47 heavy (non-hydrogen) atoms. The number of rotatable bonds is 6. The van der Waals surface area contributed by atoms with Gasteiger partial charge in [-0.1, -0.05) is 0 Å². The van der Waals surface area contributed by atoms with Crippen LogP contribution >= 0.6 is 0 Å². The number of fused-ring (bicyclic) bond motifs is 3. The number of hydrogen-bond donors (Lipinski definition) is 0. The van der Waals surface area contributed by atoms with Crippen molar-refractivity contribution in [2.45, 2.75) is 81.7 Å². The average Bonchev–Trinajstić information content (AvgIpc) is 3.32. The molecule has 3 heteroatoms. The molecule has 2 fully saturated rings. The summed E-state index contributed by atoms with van der Waals surface area (Å²) in [4.78, 5) is 0. The predicted molar refractivity (Wildman–Crippen MR) is 190 cm³/mol. The van der Waals surface area contributed by atoms with Crippen LogP contribution in [0.15, 0.2) is 96.1 Å². The molecule has 4 atom stereocenters. The Morgan fingerprint density at radius 3 is 1.28 bits per heavy atom. The van der Waals surface area contributed by atoms with E-state index in [1.165, 1.54) is 70.2 Å². The number of aryl methyl sites for hydroxylation is 2. The zero-order valence-electron chi connectivity index (χ0n) is 28.8. The number of allylic oxidation sites excluding steroid dienone is 2. The fraction of sp³-hybridized carbons (Fsp3) is 0.364. The quantitative estimate of drug-likeness (QED) is 0.203. The van der Waals surface area contributed by atoms with Crippen molar-refractivity contribution in [2.75, 3.05) is 0 Å². The molecule has 0 nitrogen and oxygen atoms in total. The summed E-state index contributed by atoms with van der Waals surface area (Å²) < 4.78 is 3.34. The van der Waals surface area contributed by atoms with Crippen LogP contribution in [0.2, 0.25) is 7.25 Å². The first-order valence-electron chi connectivity index (χ1n) is 17.6. The predicted octanol–water partition coefficient (Wildman–Crippen LogP) is 6.85. The minimum absolute atomic E-state index is 0. The largest absolute Gasteiger partial charge is 1.00 e. The molecule has 3 aliphatic carbocycles. The van der Waals surface area contributed by atoms with Gasteiger partial charge in [-0.05, 0) is 0 Å². The summed E-state index contributed by atoms with van der Waals surface area (Å²) in [7, 11) is 0. The summed E-state index contributed by atoms with van der Waals surface area (Å²) in [5.41, 5.74) is 18.3. The molecule has 4 aliphatic rings. The molecular formula is C44H48Cl2Zr. The van der Waals surface area contributed by atoms with Gasteiger partial charge in [0.25, 0.3) is 0 Å². The minimum atomic E-state index is -3.05. The first-order chi connectivity index (χ1) is 21.8. The fourth-order valence-electron chi connectivity index (χ4n) is 10.2. The van der Waals surface area contributed by atoms with Crippen molar-refractivity contribution in [2.24, 2.45) is 11.8 Å². The Balaban J connectivity index is 0.00000193. The van der Waals surface area contributed by atoms with Gasteiger partial charge >= 0.3 is 278 Å². The van der Waals surface area contributed by atoms with Crippen molar-refractivity contribution in [3.8, 4) is 22.3 Å². The first-order valence-corrected chi connectivity index (χ1v) is 23.3. The zero-order valence-corrected chi connectivity index (χ0v) is 32.8. The molecular weight excluding hydrogens is 691 g/mol. The zero-order chi connectivity index (χ0) is 31.0. The maximum Gasteiger partial charge on any atom is -1.00 e. The van der Waals surface area contributed by atoms with E-state index < -0.39 is 20.3 Å². The van der Waals surface area contributed by atoms with E-state index in [0.717, 1.165) is 7.25 Å². The van der Waals surface area contributed by atoms with Gasteiger partial charge in [-0.25, -0.2) is 0 Å². The smallest absolute Gasteiger partial charge is 1.00 e. The summed E-state index contributed by atoms with van der Waals surface area (Å²) >= 11 is -3.05. The molecule has 242 valence electrons. The van der Waals surface area contributed by atoms with E-state index >= 15 is 0 Å². The summed E-state index contributed by atoms with van der Waals surface area (Å²) in [5, 5.41) is 0. The molecule has 1 heterocycles. The topological polar surface area (TPSA) is 0 Å². The second-order valence-electron chi connectivity index (χ2n) is 15.3. The second kappa shape index (κ2) is 13.3. The molecule has 0 N–H and O–H groups in total. The second-order valence-corrected chi connectivity index (χ2v) is 26.7. The van der Waals surface area contributed by atoms with Crippen molar-refractivity contribution in [3.05, 3.63) is 129 Å². The minimum Gasteiger partial charge on any atom is -1.00 e. The summed E-state index contributed by atoms with van der Waals surface area (Å²) in [6, 6.07) is 33.2. The molecule has 0 radical (unpaired) electrons. The van der Waals surface area contributed by atoms with Gasteiger partial charge in [0.2, 0.25) is 0 Å². The third-order valence-corrected chi connectivity index (χ3v) is 29.0. The van der Waals surface area contributed by atoms with Crippen LogP contribution in [0.1, 0.15) is 94.0 Å². The van der Waals surface area contributed by atoms with Gasteiger partial charge in [0.1, 0.15) is 0 Å². The van der Waals surface area contributed by atoms with Gasteiger partial charge < -0.3 is 24.8 Å². The van der Waals surface area contributed by atoms with E-state index in [2.05, 4.69) is 139 Å². The van der Waals surface area contributed by atoms with E-state index in [1.54, 1.807) is 22.3 Å². The van der Waals surface area contributed by atoms with Gasteiger partial charge in [-0.2, -0.15) is 0 Å². The van der Waals surface area contributed by atoms with E-state index in [4.69, 9.17) is 0 Å². The Morgan fingerprint density at radius 1 is 0.532 bits per heavy atom. The molecule has 0 aromatic heterocycles. The molecule has 1 saturated heterocycles. The van der Waals surface area contributed by atoms with Gasteiger partial charge in [-0.3, -0.25) is 0 Å². The Bertz CT molecular complexity index is 1710. The van der Waals surface area contributed by atoms with E-state index in [1.807, 2.05) is 0 Å². The Labute approximate surface area is 300 Å². The van der Waals surface area contributed by atoms with Crippen LogP contribution in [0.3, 0.4) is 0 Å². The first kappa shape index (κ1) is 34.7. The van der Waals surface area contributed by atoms with Gasteiger partial charge in [0, 0.05) is 0 Å². The van der Waals surface area contributed by atoms with Crippen molar-refractivity contribution in [3.63, 3.8) is 0 Å². The number of hydrogen-bond acceptors (Lipinski definition) is 0. The number of benzene rings is 4. The van der Waals surface area contributed by atoms with Gasteiger partial charge in [0.15, 0.2) is 0 Å². The van der Waals surface area contributed by atoms with E-state index in [-0.39, 0.29) is 24.8 Å². The van der Waals surface area contributed by atoms with Crippen LogP contribution in [0, 0.1) is 25.7 Å². The van der Waals surface area contributed by atoms with Crippen molar-refractivity contribution in [1.29, 1.82) is 0 Å². The molecule has 4 unspecified atom stereocenters. The monoisotopic (exact) mass is 736 g/mol. The third kappa shape index (κ3) is 5.43. The third-order valence-electron chi connectivity index (χ3n) is 12.2. The Kier molecular flexibility index (Phi) is 9.79. The summed E-state index contributed by atoms with van der Waals surface area (Å²) in [5.74, 6) is 1.13. The Morgan fingerprint density at radius 2 is 0.915 bits per heavy atom. The molecule has 8 rings (SSSR count). The molecule has 4 aromatic rings. The average molecular weight is 739 g/mol. The van der Waals surface area contributed by atoms with Crippen LogP contribution in [0.4, 0.5) is 0 Å². The van der Waals surface area contributed by atoms with Crippen molar-refractivity contribution >= 4 is 12.2 Å². The van der Waals surface area contributed by atoms with Crippen LogP contribution in [-0.2, 0) is 20.3 Å². The maximum atomic E-state index is 2.69. The summed E-state index contributed by atoms with van der Waals surface area (Å²) in [6.45, 7) is 14.3. The van der Waals surface area contributed by atoms with Crippen LogP contribution in [0.25, 0.3) is 34.4 Å².